The van der Waals surface area contributed by atoms with E-state index < -0.39 is 0 Å². The van der Waals surface area contributed by atoms with Gasteiger partial charge in [-0.15, -0.1) is 10.2 Å². The van der Waals surface area contributed by atoms with Crippen molar-refractivity contribution in [3.8, 4) is 0 Å². The van der Waals surface area contributed by atoms with E-state index in [-0.39, 0.29) is 12.1 Å². The molecule has 1 saturated carbocycles. The van der Waals surface area contributed by atoms with Crippen molar-refractivity contribution >= 4 is 17.3 Å². The van der Waals surface area contributed by atoms with Crippen LogP contribution in [-0.4, -0.2) is 30.4 Å². The van der Waals surface area contributed by atoms with Gasteiger partial charge in [0.2, 0.25) is 0 Å². The van der Waals surface area contributed by atoms with Gasteiger partial charge in [-0.2, -0.15) is 10.3 Å². The Balaban J connectivity index is 1.80. The van der Waals surface area contributed by atoms with E-state index in [9.17, 15) is 4.79 Å². The summed E-state index contributed by atoms with van der Waals surface area (Å²) in [6, 6.07) is 0. The summed E-state index contributed by atoms with van der Waals surface area (Å²) >= 11 is 5.99. The fraction of sp³-hybridized carbons (Fsp3) is 0.500. The number of anilines is 1. The normalized spacial score (nSPS) is 14.6. The van der Waals surface area contributed by atoms with Gasteiger partial charge in [0, 0.05) is 6.54 Å². The van der Waals surface area contributed by atoms with E-state index in [0.717, 1.165) is 12.8 Å². The predicted octanol–water partition coefficient (Wildman–Crippen LogP) is 0.432. The SMILES string of the molecule is O=c1c(NCc2nn[nH]n2)c(Cl)cnn1CC1CC1. The van der Waals surface area contributed by atoms with E-state index in [0.29, 0.717) is 29.0 Å². The molecule has 0 radical (unpaired) electrons. The Bertz CT molecular complexity index is 619. The van der Waals surface area contributed by atoms with Gasteiger partial charge >= 0.3 is 0 Å². The van der Waals surface area contributed by atoms with Gasteiger partial charge in [-0.3, -0.25) is 4.79 Å². The molecule has 0 aromatic carbocycles. The minimum Gasteiger partial charge on any atom is -0.372 e. The Kier molecular flexibility index (Phi) is 3.16. The Hall–Kier alpha value is -1.96. The number of nitrogens with one attached hydrogen (secondary N) is 2. The average molecular weight is 282 g/mol. The fourth-order valence-electron chi connectivity index (χ4n) is 1.73. The lowest BCUT2D eigenvalue weighted by atomic mass is 10.4. The van der Waals surface area contributed by atoms with E-state index in [1.165, 1.54) is 10.9 Å². The highest BCUT2D eigenvalue weighted by Gasteiger charge is 2.23. The highest BCUT2D eigenvalue weighted by molar-refractivity contribution is 6.32. The Morgan fingerprint density at radius 1 is 1.53 bits per heavy atom. The molecular formula is C10H12ClN7O. The molecule has 0 spiro atoms. The van der Waals surface area contributed by atoms with Gasteiger partial charge in [-0.25, -0.2) is 4.68 Å². The second-order valence-corrected chi connectivity index (χ2v) is 4.89. The van der Waals surface area contributed by atoms with Gasteiger partial charge in [0.15, 0.2) is 5.82 Å². The molecule has 100 valence electrons. The molecule has 2 aromatic rings. The van der Waals surface area contributed by atoms with Crippen molar-refractivity contribution in [3.05, 3.63) is 27.4 Å². The molecule has 2 N–H and O–H groups in total. The van der Waals surface area contributed by atoms with Crippen LogP contribution in [0.15, 0.2) is 11.0 Å². The topological polar surface area (TPSA) is 101 Å². The molecule has 2 heterocycles. The third kappa shape index (κ3) is 2.73. The number of nitrogens with zero attached hydrogens (tertiary/aromatic N) is 5. The molecule has 0 atom stereocenters. The Labute approximate surface area is 113 Å². The lowest BCUT2D eigenvalue weighted by Crippen LogP contribution is -2.26. The Morgan fingerprint density at radius 2 is 2.37 bits per heavy atom. The largest absolute Gasteiger partial charge is 0.372 e. The molecule has 0 unspecified atom stereocenters. The quantitative estimate of drug-likeness (QED) is 0.824. The summed E-state index contributed by atoms with van der Waals surface area (Å²) in [4.78, 5) is 12.2. The van der Waals surface area contributed by atoms with Crippen LogP contribution in [0.25, 0.3) is 0 Å². The lowest BCUT2D eigenvalue weighted by Gasteiger charge is -2.08. The zero-order chi connectivity index (χ0) is 13.2. The summed E-state index contributed by atoms with van der Waals surface area (Å²) < 4.78 is 1.45. The first-order chi connectivity index (χ1) is 9.24. The number of hydrogen-bond donors (Lipinski definition) is 2. The predicted molar refractivity (Wildman–Crippen MR) is 67.7 cm³/mol. The van der Waals surface area contributed by atoms with E-state index in [1.807, 2.05) is 0 Å². The molecular weight excluding hydrogens is 270 g/mol. The van der Waals surface area contributed by atoms with Crippen LogP contribution in [0.1, 0.15) is 18.7 Å². The molecule has 0 aliphatic heterocycles. The minimum absolute atomic E-state index is 0.220. The first kappa shape index (κ1) is 12.1. The Morgan fingerprint density at radius 3 is 3.05 bits per heavy atom. The maximum Gasteiger partial charge on any atom is 0.291 e. The molecule has 3 rings (SSSR count). The van der Waals surface area contributed by atoms with Gasteiger partial charge in [0.1, 0.15) is 5.69 Å². The van der Waals surface area contributed by atoms with Crippen LogP contribution in [0.2, 0.25) is 5.02 Å². The van der Waals surface area contributed by atoms with Gasteiger partial charge in [-0.1, -0.05) is 16.8 Å². The maximum absolute atomic E-state index is 12.2. The third-order valence-electron chi connectivity index (χ3n) is 2.94. The van der Waals surface area contributed by atoms with Crippen LogP contribution in [0.5, 0.6) is 0 Å². The van der Waals surface area contributed by atoms with E-state index in [2.05, 4.69) is 31.0 Å². The second kappa shape index (κ2) is 4.96. The van der Waals surface area contributed by atoms with Crippen LogP contribution >= 0.6 is 11.6 Å². The van der Waals surface area contributed by atoms with Crippen molar-refractivity contribution < 1.29 is 0 Å². The van der Waals surface area contributed by atoms with Gasteiger partial charge in [0.05, 0.1) is 17.8 Å². The summed E-state index contributed by atoms with van der Waals surface area (Å²) in [7, 11) is 0. The molecule has 1 aliphatic carbocycles. The van der Waals surface area contributed by atoms with Crippen molar-refractivity contribution in [1.29, 1.82) is 0 Å². The van der Waals surface area contributed by atoms with E-state index in [1.54, 1.807) is 0 Å². The molecule has 0 amide bonds. The van der Waals surface area contributed by atoms with Crippen molar-refractivity contribution in [2.75, 3.05) is 5.32 Å². The highest BCUT2D eigenvalue weighted by Crippen LogP contribution is 2.30. The minimum atomic E-state index is -0.220. The molecule has 2 aromatic heterocycles. The lowest BCUT2D eigenvalue weighted by molar-refractivity contribution is 0.534. The number of aromatic amines is 1. The maximum atomic E-state index is 12.2. The van der Waals surface area contributed by atoms with Crippen molar-refractivity contribution in [2.24, 2.45) is 5.92 Å². The first-order valence-corrected chi connectivity index (χ1v) is 6.33. The van der Waals surface area contributed by atoms with Crippen molar-refractivity contribution in [1.82, 2.24) is 30.4 Å². The first-order valence-electron chi connectivity index (χ1n) is 5.96. The standard InChI is InChI=1S/C10H12ClN7O/c11-7-3-13-18(5-6-1-2-6)10(19)9(7)12-4-8-14-16-17-15-8/h3,6,12H,1-2,4-5H2,(H,14,15,16,17). The smallest absolute Gasteiger partial charge is 0.291 e. The molecule has 1 fully saturated rings. The zero-order valence-electron chi connectivity index (χ0n) is 10.0. The molecule has 1 aliphatic rings. The number of rotatable bonds is 5. The highest BCUT2D eigenvalue weighted by atomic mass is 35.5. The van der Waals surface area contributed by atoms with Crippen LogP contribution in [0.3, 0.4) is 0 Å². The number of tetrazole rings is 1. The van der Waals surface area contributed by atoms with Gasteiger partial charge in [0.25, 0.3) is 5.56 Å². The fourth-order valence-corrected chi connectivity index (χ4v) is 1.92. The molecule has 9 heteroatoms. The van der Waals surface area contributed by atoms with Crippen molar-refractivity contribution in [2.45, 2.75) is 25.9 Å². The van der Waals surface area contributed by atoms with Crippen LogP contribution in [0.4, 0.5) is 5.69 Å². The number of halogens is 1. The summed E-state index contributed by atoms with van der Waals surface area (Å²) in [5.41, 5.74) is 0.102. The monoisotopic (exact) mass is 281 g/mol. The summed E-state index contributed by atoms with van der Waals surface area (Å²) in [5, 5.41) is 20.6. The summed E-state index contributed by atoms with van der Waals surface area (Å²) in [6.45, 7) is 0.922. The van der Waals surface area contributed by atoms with Gasteiger partial charge in [-0.05, 0) is 18.8 Å². The average Bonchev–Trinajstić information content (AvgIpc) is 3.06. The van der Waals surface area contributed by atoms with Crippen LogP contribution in [0, 0.1) is 5.92 Å². The third-order valence-corrected chi connectivity index (χ3v) is 3.22. The van der Waals surface area contributed by atoms with Gasteiger partial charge < -0.3 is 5.32 Å². The number of H-pyrrole nitrogens is 1. The van der Waals surface area contributed by atoms with Crippen LogP contribution < -0.4 is 10.9 Å². The van der Waals surface area contributed by atoms with E-state index >= 15 is 0 Å². The number of aromatic nitrogens is 6. The van der Waals surface area contributed by atoms with Crippen LogP contribution in [-0.2, 0) is 13.1 Å². The molecule has 8 nitrogen and oxygen atoms in total. The molecule has 0 saturated heterocycles. The second-order valence-electron chi connectivity index (χ2n) is 4.48. The molecule has 0 bridgehead atoms. The summed E-state index contributed by atoms with van der Waals surface area (Å²) in [6.07, 6.45) is 3.79. The van der Waals surface area contributed by atoms with E-state index in [4.69, 9.17) is 11.6 Å². The summed E-state index contributed by atoms with van der Waals surface area (Å²) in [5.74, 6) is 1.03. The number of hydrogen-bond acceptors (Lipinski definition) is 6. The molecule has 19 heavy (non-hydrogen) atoms. The zero-order valence-corrected chi connectivity index (χ0v) is 10.8. The van der Waals surface area contributed by atoms with Crippen molar-refractivity contribution in [3.63, 3.8) is 0 Å².